The van der Waals surface area contributed by atoms with Gasteiger partial charge in [0, 0.05) is 25.8 Å². The van der Waals surface area contributed by atoms with Crippen LogP contribution in [0, 0.1) is 6.92 Å². The van der Waals surface area contributed by atoms with Crippen molar-refractivity contribution in [2.24, 2.45) is 0 Å². The molecular formula is C25H33N3O2. The van der Waals surface area contributed by atoms with Gasteiger partial charge in [-0.2, -0.15) is 0 Å². The van der Waals surface area contributed by atoms with E-state index in [-0.39, 0.29) is 18.6 Å². The number of nitrogens with one attached hydrogen (secondary N) is 1. The molecule has 160 valence electrons. The molecule has 2 aliphatic rings. The Kier molecular flexibility index (Phi) is 6.58. The van der Waals surface area contributed by atoms with Crippen LogP contribution in [-0.2, 0) is 11.2 Å². The monoisotopic (exact) mass is 407 g/mol. The van der Waals surface area contributed by atoms with Crippen LogP contribution in [0.1, 0.15) is 42.0 Å². The fourth-order valence-electron chi connectivity index (χ4n) is 4.60. The summed E-state index contributed by atoms with van der Waals surface area (Å²) >= 11 is 0. The highest BCUT2D eigenvalue weighted by Gasteiger charge is 2.25. The molecule has 0 saturated carbocycles. The highest BCUT2D eigenvalue weighted by Crippen LogP contribution is 2.32. The predicted molar refractivity (Wildman–Crippen MR) is 121 cm³/mol. The molecule has 30 heavy (non-hydrogen) atoms. The maximum Gasteiger partial charge on any atom is 0.258 e. The number of aryl methyl sites for hydroxylation is 1. The van der Waals surface area contributed by atoms with Crippen molar-refractivity contribution < 1.29 is 9.53 Å². The number of amides is 1. The third kappa shape index (κ3) is 4.78. The van der Waals surface area contributed by atoms with Crippen molar-refractivity contribution in [3.05, 3.63) is 59.2 Å². The van der Waals surface area contributed by atoms with Gasteiger partial charge in [0.15, 0.2) is 6.61 Å². The number of benzene rings is 2. The number of anilines is 1. The highest BCUT2D eigenvalue weighted by molar-refractivity contribution is 5.77. The molecule has 5 nitrogen and oxygen atoms in total. The average Bonchev–Trinajstić information content (AvgIpc) is 3.14. The second-order valence-corrected chi connectivity index (χ2v) is 8.53. The molecule has 0 aromatic heterocycles. The zero-order valence-electron chi connectivity index (χ0n) is 18.2. The minimum Gasteiger partial charge on any atom is -0.484 e. The molecule has 0 spiro atoms. The van der Waals surface area contributed by atoms with Crippen LogP contribution in [0.15, 0.2) is 42.5 Å². The lowest BCUT2D eigenvalue weighted by Crippen LogP contribution is -2.41. The van der Waals surface area contributed by atoms with Crippen molar-refractivity contribution in [2.75, 3.05) is 44.7 Å². The molecule has 1 N–H and O–H groups in total. The summed E-state index contributed by atoms with van der Waals surface area (Å²) in [5.74, 6) is 0.698. The number of likely N-dealkylation sites (tertiary alicyclic amines) is 1. The molecule has 2 aromatic carbocycles. The first-order valence-electron chi connectivity index (χ1n) is 11.1. The van der Waals surface area contributed by atoms with Gasteiger partial charge in [0.05, 0.1) is 6.04 Å². The first kappa shape index (κ1) is 20.7. The van der Waals surface area contributed by atoms with E-state index in [2.05, 4.69) is 40.4 Å². The molecule has 2 aromatic rings. The number of carbonyl (C=O) groups excluding carboxylic acids is 1. The van der Waals surface area contributed by atoms with Crippen LogP contribution >= 0.6 is 0 Å². The third-order valence-corrected chi connectivity index (χ3v) is 6.39. The molecule has 5 heteroatoms. The summed E-state index contributed by atoms with van der Waals surface area (Å²) in [6.07, 6.45) is 4.86. The van der Waals surface area contributed by atoms with Crippen molar-refractivity contribution in [1.29, 1.82) is 0 Å². The molecule has 0 aliphatic carbocycles. The summed E-state index contributed by atoms with van der Waals surface area (Å²) in [6, 6.07) is 14.9. The summed E-state index contributed by atoms with van der Waals surface area (Å²) in [5, 5.41) is 3.13. The quantitative estimate of drug-likeness (QED) is 0.760. The Morgan fingerprint density at radius 3 is 2.70 bits per heavy atom. The van der Waals surface area contributed by atoms with E-state index >= 15 is 0 Å². The number of para-hydroxylation sites is 1. The Bertz CT molecular complexity index is 876. The minimum atomic E-state index is -0.0684. The number of hydrogen-bond acceptors (Lipinski definition) is 4. The Labute approximate surface area is 180 Å². The van der Waals surface area contributed by atoms with Gasteiger partial charge in [-0.05, 0) is 68.1 Å². The van der Waals surface area contributed by atoms with Gasteiger partial charge >= 0.3 is 0 Å². The van der Waals surface area contributed by atoms with Crippen LogP contribution in [0.3, 0.4) is 0 Å². The Morgan fingerprint density at radius 1 is 1.10 bits per heavy atom. The van der Waals surface area contributed by atoms with Crippen LogP contribution in [0.4, 0.5) is 5.69 Å². The fraction of sp³-hybridized carbons (Fsp3) is 0.480. The van der Waals surface area contributed by atoms with Gasteiger partial charge in [-0.25, -0.2) is 0 Å². The maximum atomic E-state index is 12.5. The zero-order chi connectivity index (χ0) is 20.9. The third-order valence-electron chi connectivity index (χ3n) is 6.39. The lowest BCUT2D eigenvalue weighted by atomic mass is 9.98. The number of piperidine rings is 1. The number of ether oxygens (including phenoxy) is 1. The van der Waals surface area contributed by atoms with E-state index in [0.717, 1.165) is 37.4 Å². The summed E-state index contributed by atoms with van der Waals surface area (Å²) in [5.41, 5.74) is 5.11. The van der Waals surface area contributed by atoms with Crippen LogP contribution in [0.2, 0.25) is 0 Å². The number of nitrogens with zero attached hydrogens (tertiary/aromatic N) is 2. The largest absolute Gasteiger partial charge is 0.484 e. The number of carbonyl (C=O) groups is 1. The molecule has 1 atom stereocenters. The lowest BCUT2D eigenvalue weighted by molar-refractivity contribution is -0.123. The topological polar surface area (TPSA) is 44.8 Å². The summed E-state index contributed by atoms with van der Waals surface area (Å²) in [6.45, 7) is 5.93. The van der Waals surface area contributed by atoms with E-state index in [1.165, 1.54) is 36.1 Å². The van der Waals surface area contributed by atoms with Crippen molar-refractivity contribution in [3.63, 3.8) is 0 Å². The van der Waals surface area contributed by atoms with Crippen LogP contribution in [0.25, 0.3) is 0 Å². The van der Waals surface area contributed by atoms with Crippen molar-refractivity contribution >= 4 is 11.6 Å². The van der Waals surface area contributed by atoms with Gasteiger partial charge < -0.3 is 15.0 Å². The van der Waals surface area contributed by atoms with Gasteiger partial charge in [-0.1, -0.05) is 36.8 Å². The van der Waals surface area contributed by atoms with Gasteiger partial charge in [0.25, 0.3) is 5.91 Å². The molecule has 1 saturated heterocycles. The normalized spacial score (nSPS) is 17.5. The second kappa shape index (κ2) is 9.52. The van der Waals surface area contributed by atoms with E-state index in [1.807, 2.05) is 31.2 Å². The van der Waals surface area contributed by atoms with E-state index in [1.54, 1.807) is 0 Å². The fourth-order valence-corrected chi connectivity index (χ4v) is 4.60. The smallest absolute Gasteiger partial charge is 0.258 e. The van der Waals surface area contributed by atoms with E-state index in [0.29, 0.717) is 6.54 Å². The molecule has 0 unspecified atom stereocenters. The van der Waals surface area contributed by atoms with E-state index in [4.69, 9.17) is 4.74 Å². The SMILES string of the molecule is Cc1ccccc1OCC(=O)NC[C@@H](c1ccc2c(c1)CCN2C)N1CCCCC1. The first-order valence-corrected chi connectivity index (χ1v) is 11.1. The lowest BCUT2D eigenvalue weighted by Gasteiger charge is -2.35. The van der Waals surface area contributed by atoms with E-state index in [9.17, 15) is 4.79 Å². The Hall–Kier alpha value is -2.53. The van der Waals surface area contributed by atoms with Gasteiger partial charge in [-0.15, -0.1) is 0 Å². The summed E-state index contributed by atoms with van der Waals surface area (Å²) in [4.78, 5) is 17.4. The number of rotatable bonds is 7. The zero-order valence-corrected chi connectivity index (χ0v) is 18.2. The Morgan fingerprint density at radius 2 is 1.90 bits per heavy atom. The van der Waals surface area contributed by atoms with E-state index < -0.39 is 0 Å². The average molecular weight is 408 g/mol. The van der Waals surface area contributed by atoms with Crippen LogP contribution in [-0.4, -0.2) is 50.6 Å². The molecule has 0 bridgehead atoms. The Balaban J connectivity index is 1.41. The standard InChI is InChI=1S/C25H33N3O2/c1-19-8-4-5-9-24(19)30-18-25(29)26-17-23(28-13-6-3-7-14-28)20-10-11-22-21(16-20)12-15-27(22)2/h4-5,8-11,16,23H,3,6-7,12-15,17-18H2,1-2H3,(H,26,29)/t23-/m0/s1. The molecule has 2 heterocycles. The van der Waals surface area contributed by atoms with Crippen LogP contribution in [0.5, 0.6) is 5.75 Å². The number of fused-ring (bicyclic) bond motifs is 1. The van der Waals surface area contributed by atoms with Crippen molar-refractivity contribution in [3.8, 4) is 5.75 Å². The molecule has 0 radical (unpaired) electrons. The molecular weight excluding hydrogens is 374 g/mol. The van der Waals surface area contributed by atoms with Crippen molar-refractivity contribution in [1.82, 2.24) is 10.2 Å². The second-order valence-electron chi connectivity index (χ2n) is 8.53. The van der Waals surface area contributed by atoms with Gasteiger partial charge in [0.2, 0.25) is 0 Å². The van der Waals surface area contributed by atoms with Crippen LogP contribution < -0.4 is 15.0 Å². The highest BCUT2D eigenvalue weighted by atomic mass is 16.5. The van der Waals surface area contributed by atoms with Crippen molar-refractivity contribution in [2.45, 2.75) is 38.6 Å². The molecule has 1 amide bonds. The molecule has 2 aliphatic heterocycles. The first-order chi connectivity index (χ1) is 14.6. The number of likely N-dealkylation sites (N-methyl/N-ethyl adjacent to an activating group) is 1. The minimum absolute atomic E-state index is 0.0482. The van der Waals surface area contributed by atoms with Gasteiger partial charge in [0.1, 0.15) is 5.75 Å². The molecule has 1 fully saturated rings. The summed E-state index contributed by atoms with van der Waals surface area (Å²) < 4.78 is 5.72. The van der Waals surface area contributed by atoms with Gasteiger partial charge in [-0.3, -0.25) is 9.69 Å². The predicted octanol–water partition coefficient (Wildman–Crippen LogP) is 3.71. The summed E-state index contributed by atoms with van der Waals surface area (Å²) in [7, 11) is 2.16. The molecule has 4 rings (SSSR count). The maximum absolute atomic E-state index is 12.5. The number of hydrogen-bond donors (Lipinski definition) is 1.